The molecule has 0 aliphatic heterocycles. The number of fused-ring (bicyclic) bond motifs is 1. The van der Waals surface area contributed by atoms with E-state index in [-0.39, 0.29) is 22.7 Å². The van der Waals surface area contributed by atoms with Crippen molar-refractivity contribution < 1.29 is 14.3 Å². The summed E-state index contributed by atoms with van der Waals surface area (Å²) in [4.78, 5) is 24.3. The Morgan fingerprint density at radius 2 is 1.76 bits per heavy atom. The van der Waals surface area contributed by atoms with Gasteiger partial charge in [0.2, 0.25) is 0 Å². The van der Waals surface area contributed by atoms with Gasteiger partial charge in [-0.05, 0) is 74.7 Å². The van der Waals surface area contributed by atoms with Crippen molar-refractivity contribution in [3.63, 3.8) is 0 Å². The van der Waals surface area contributed by atoms with Gasteiger partial charge >= 0.3 is 0 Å². The standard InChI is InChI=1S/C22H34O3/c1-14(23)12-16-13-17(25-5)8-10-21(16,3)19-9-11-22(4)18(15(19)2)6-7-20(22)24/h12,15,17-19H,6-11,13H2,1-5H3/b16-12-/t15?,17?,18-,19-,21?,22?/m0/s1. The lowest BCUT2D eigenvalue weighted by Gasteiger charge is -2.53. The Kier molecular flexibility index (Phi) is 5.00. The minimum absolute atomic E-state index is 0.0626. The zero-order chi connectivity index (χ0) is 18.4. The fourth-order valence-corrected chi connectivity index (χ4v) is 6.46. The van der Waals surface area contributed by atoms with E-state index in [1.165, 1.54) is 5.57 Å². The van der Waals surface area contributed by atoms with E-state index in [9.17, 15) is 9.59 Å². The Balaban J connectivity index is 1.91. The molecule has 3 nitrogen and oxygen atoms in total. The van der Waals surface area contributed by atoms with E-state index in [1.54, 1.807) is 14.0 Å². The molecule has 0 heterocycles. The van der Waals surface area contributed by atoms with Crippen molar-refractivity contribution >= 4 is 11.6 Å². The second-order valence-corrected chi connectivity index (χ2v) is 9.29. The van der Waals surface area contributed by atoms with Crippen LogP contribution in [0.5, 0.6) is 0 Å². The van der Waals surface area contributed by atoms with Crippen LogP contribution in [0.15, 0.2) is 11.6 Å². The van der Waals surface area contributed by atoms with Crippen LogP contribution in [0.4, 0.5) is 0 Å². The fraction of sp³-hybridized carbons (Fsp3) is 0.818. The second kappa shape index (κ2) is 6.64. The number of methoxy groups -OCH3 is 1. The van der Waals surface area contributed by atoms with Crippen molar-refractivity contribution in [1.29, 1.82) is 0 Å². The van der Waals surface area contributed by atoms with Crippen LogP contribution in [0.2, 0.25) is 0 Å². The lowest BCUT2D eigenvalue weighted by Crippen LogP contribution is -2.48. The Morgan fingerprint density at radius 3 is 2.40 bits per heavy atom. The van der Waals surface area contributed by atoms with Crippen molar-refractivity contribution in [3.05, 3.63) is 11.6 Å². The molecule has 0 saturated heterocycles. The third kappa shape index (κ3) is 3.03. The van der Waals surface area contributed by atoms with Crippen LogP contribution in [0, 0.1) is 28.6 Å². The molecule has 0 aromatic carbocycles. The van der Waals surface area contributed by atoms with Gasteiger partial charge in [-0.25, -0.2) is 0 Å². The van der Waals surface area contributed by atoms with E-state index < -0.39 is 0 Å². The Labute approximate surface area is 152 Å². The van der Waals surface area contributed by atoms with E-state index in [4.69, 9.17) is 4.74 Å². The summed E-state index contributed by atoms with van der Waals surface area (Å²) in [5.74, 6) is 2.22. The van der Waals surface area contributed by atoms with Crippen LogP contribution in [0.25, 0.3) is 0 Å². The lowest BCUT2D eigenvalue weighted by molar-refractivity contribution is -0.131. The highest BCUT2D eigenvalue weighted by atomic mass is 16.5. The third-order valence-corrected chi connectivity index (χ3v) is 8.08. The summed E-state index contributed by atoms with van der Waals surface area (Å²) in [6, 6.07) is 0. The zero-order valence-electron chi connectivity index (χ0n) is 16.6. The van der Waals surface area contributed by atoms with Crippen LogP contribution in [-0.2, 0) is 14.3 Å². The smallest absolute Gasteiger partial charge is 0.152 e. The van der Waals surface area contributed by atoms with Crippen LogP contribution in [0.1, 0.15) is 72.6 Å². The van der Waals surface area contributed by atoms with Gasteiger partial charge in [-0.2, -0.15) is 0 Å². The summed E-state index contributed by atoms with van der Waals surface area (Å²) in [6.07, 6.45) is 9.06. The molecule has 0 amide bonds. The summed E-state index contributed by atoms with van der Waals surface area (Å²) in [5, 5.41) is 0. The van der Waals surface area contributed by atoms with E-state index in [1.807, 2.05) is 6.08 Å². The van der Waals surface area contributed by atoms with Gasteiger partial charge in [-0.3, -0.25) is 9.59 Å². The Morgan fingerprint density at radius 1 is 1.12 bits per heavy atom. The maximum atomic E-state index is 12.5. The summed E-state index contributed by atoms with van der Waals surface area (Å²) >= 11 is 0. The maximum absolute atomic E-state index is 12.5. The van der Waals surface area contributed by atoms with Crippen molar-refractivity contribution in [2.75, 3.05) is 7.11 Å². The zero-order valence-corrected chi connectivity index (χ0v) is 16.6. The summed E-state index contributed by atoms with van der Waals surface area (Å²) in [5.41, 5.74) is 1.25. The summed E-state index contributed by atoms with van der Waals surface area (Å²) in [7, 11) is 1.78. The minimum Gasteiger partial charge on any atom is -0.381 e. The van der Waals surface area contributed by atoms with Crippen LogP contribution in [-0.4, -0.2) is 24.8 Å². The molecule has 0 aromatic rings. The first kappa shape index (κ1) is 18.8. The molecule has 3 fully saturated rings. The molecule has 4 unspecified atom stereocenters. The number of ketones is 2. The highest BCUT2D eigenvalue weighted by Crippen LogP contribution is 2.61. The summed E-state index contributed by atoms with van der Waals surface area (Å²) < 4.78 is 5.61. The molecule has 3 heteroatoms. The van der Waals surface area contributed by atoms with Crippen molar-refractivity contribution in [2.45, 2.75) is 78.7 Å². The number of hydrogen-bond donors (Lipinski definition) is 0. The number of allylic oxidation sites excluding steroid dienone is 1. The predicted octanol–water partition coefficient (Wildman–Crippen LogP) is 4.74. The minimum atomic E-state index is -0.0968. The number of ether oxygens (including phenoxy) is 1. The van der Waals surface area contributed by atoms with Gasteiger partial charge < -0.3 is 4.74 Å². The lowest BCUT2D eigenvalue weighted by atomic mass is 9.51. The quantitative estimate of drug-likeness (QED) is 0.693. The van der Waals surface area contributed by atoms with Crippen LogP contribution >= 0.6 is 0 Å². The van der Waals surface area contributed by atoms with Gasteiger partial charge in [0.25, 0.3) is 0 Å². The van der Waals surface area contributed by atoms with Crippen LogP contribution < -0.4 is 0 Å². The molecular formula is C22H34O3. The first-order valence-corrected chi connectivity index (χ1v) is 10.00. The molecule has 0 spiro atoms. The van der Waals surface area contributed by atoms with Gasteiger partial charge in [-0.15, -0.1) is 0 Å². The fourth-order valence-electron chi connectivity index (χ4n) is 6.46. The number of carbonyl (C=O) groups is 2. The van der Waals surface area contributed by atoms with Crippen molar-refractivity contribution in [3.8, 4) is 0 Å². The predicted molar refractivity (Wildman–Crippen MR) is 99.2 cm³/mol. The van der Waals surface area contributed by atoms with E-state index in [2.05, 4.69) is 20.8 Å². The molecule has 6 atom stereocenters. The normalized spacial score (nSPS) is 46.3. The highest BCUT2D eigenvalue weighted by molar-refractivity contribution is 5.88. The van der Waals surface area contributed by atoms with Gasteiger partial charge in [0, 0.05) is 18.9 Å². The topological polar surface area (TPSA) is 43.4 Å². The molecular weight excluding hydrogens is 312 g/mol. The van der Waals surface area contributed by atoms with E-state index in [0.717, 1.165) is 44.9 Å². The Bertz CT molecular complexity index is 592. The molecule has 3 rings (SSSR count). The monoisotopic (exact) mass is 346 g/mol. The van der Waals surface area contributed by atoms with E-state index in [0.29, 0.717) is 23.5 Å². The van der Waals surface area contributed by atoms with Gasteiger partial charge in [-0.1, -0.05) is 26.3 Å². The first-order valence-electron chi connectivity index (χ1n) is 10.00. The molecule has 3 saturated carbocycles. The molecule has 0 aromatic heterocycles. The third-order valence-electron chi connectivity index (χ3n) is 8.08. The highest BCUT2D eigenvalue weighted by Gasteiger charge is 2.56. The van der Waals surface area contributed by atoms with Gasteiger partial charge in [0.1, 0.15) is 5.78 Å². The van der Waals surface area contributed by atoms with Gasteiger partial charge in [0.15, 0.2) is 5.78 Å². The SMILES string of the molecule is COC1CCC(C)([C@H]2CCC3(C)C(=O)CC[C@H]3C2C)/C(=C\C(C)=O)C1. The molecule has 25 heavy (non-hydrogen) atoms. The largest absolute Gasteiger partial charge is 0.381 e. The van der Waals surface area contributed by atoms with Crippen LogP contribution in [0.3, 0.4) is 0 Å². The Hall–Kier alpha value is -0.960. The number of hydrogen-bond acceptors (Lipinski definition) is 3. The first-order chi connectivity index (χ1) is 11.7. The molecule has 0 N–H and O–H groups in total. The molecule has 0 radical (unpaired) electrons. The van der Waals surface area contributed by atoms with Gasteiger partial charge in [0.05, 0.1) is 6.10 Å². The number of carbonyl (C=O) groups excluding carboxylic acids is 2. The van der Waals surface area contributed by atoms with Crippen molar-refractivity contribution in [1.82, 2.24) is 0 Å². The maximum Gasteiger partial charge on any atom is 0.152 e. The number of Topliss-reactive ketones (excluding diaryl/α,β-unsaturated/α-hetero) is 1. The molecule has 0 bridgehead atoms. The average molecular weight is 347 g/mol. The second-order valence-electron chi connectivity index (χ2n) is 9.29. The van der Waals surface area contributed by atoms with Crippen molar-refractivity contribution in [2.24, 2.45) is 28.6 Å². The number of rotatable bonds is 3. The molecule has 140 valence electrons. The van der Waals surface area contributed by atoms with E-state index >= 15 is 0 Å². The summed E-state index contributed by atoms with van der Waals surface area (Å²) in [6.45, 7) is 8.59. The average Bonchev–Trinajstić information content (AvgIpc) is 2.86. The molecule has 3 aliphatic rings. The molecule has 3 aliphatic carbocycles.